The van der Waals surface area contributed by atoms with Crippen LogP contribution in [0.3, 0.4) is 0 Å². The maximum Gasteiger partial charge on any atom is 0.248 e. The Morgan fingerprint density at radius 3 is 2.49 bits per heavy atom. The number of rotatable bonds is 5. The molecular weight excluding hydrogens is 434 g/mol. The SMILES string of the molecule is COc1cc2occ(-c3cccc4ccccc34)c2cc1/C(C)=C/C(=O)Nc1ccc(C)c(C)c1. The third-order valence-corrected chi connectivity index (χ3v) is 6.52. The predicted molar refractivity (Wildman–Crippen MR) is 144 cm³/mol. The highest BCUT2D eigenvalue weighted by molar-refractivity contribution is 6.07. The van der Waals surface area contributed by atoms with Crippen LogP contribution in [0, 0.1) is 13.8 Å². The zero-order valence-electron chi connectivity index (χ0n) is 20.3. The molecule has 1 aromatic heterocycles. The first kappa shape index (κ1) is 22.5. The molecule has 4 heteroatoms. The molecular formula is C31H27NO3. The van der Waals surface area contributed by atoms with Gasteiger partial charge in [-0.15, -0.1) is 0 Å². The lowest BCUT2D eigenvalue weighted by atomic mass is 9.96. The van der Waals surface area contributed by atoms with Gasteiger partial charge >= 0.3 is 0 Å². The Morgan fingerprint density at radius 2 is 1.69 bits per heavy atom. The molecule has 5 aromatic rings. The second-order valence-electron chi connectivity index (χ2n) is 8.84. The number of allylic oxidation sites excluding steroid dienone is 1. The fraction of sp³-hybridized carbons (Fsp3) is 0.129. The average Bonchev–Trinajstić information content (AvgIpc) is 3.27. The number of furan rings is 1. The summed E-state index contributed by atoms with van der Waals surface area (Å²) in [4.78, 5) is 12.8. The molecule has 1 N–H and O–H groups in total. The summed E-state index contributed by atoms with van der Waals surface area (Å²) in [6.07, 6.45) is 3.40. The van der Waals surface area contributed by atoms with E-state index < -0.39 is 0 Å². The van der Waals surface area contributed by atoms with Gasteiger partial charge in [-0.1, -0.05) is 48.5 Å². The van der Waals surface area contributed by atoms with Gasteiger partial charge < -0.3 is 14.5 Å². The normalized spacial score (nSPS) is 11.7. The Bertz CT molecular complexity index is 1600. The molecule has 0 bridgehead atoms. The largest absolute Gasteiger partial charge is 0.496 e. The van der Waals surface area contributed by atoms with Crippen molar-refractivity contribution >= 4 is 38.9 Å². The minimum absolute atomic E-state index is 0.186. The zero-order valence-corrected chi connectivity index (χ0v) is 20.3. The second kappa shape index (κ2) is 9.15. The minimum Gasteiger partial charge on any atom is -0.496 e. The number of carbonyl (C=O) groups excluding carboxylic acids is 1. The molecule has 0 spiro atoms. The first-order valence-corrected chi connectivity index (χ1v) is 11.6. The van der Waals surface area contributed by atoms with E-state index in [0.29, 0.717) is 5.75 Å². The molecule has 0 radical (unpaired) electrons. The van der Waals surface area contributed by atoms with E-state index in [4.69, 9.17) is 9.15 Å². The van der Waals surface area contributed by atoms with E-state index in [0.717, 1.165) is 49.9 Å². The standard InChI is InChI=1S/C31H27NO3/c1-19-12-13-23(14-20(19)2)32-31(33)15-21(3)26-16-27-28(18-35-30(27)17-29(26)34-4)25-11-7-9-22-8-5-6-10-24(22)25/h5-18H,1-4H3,(H,32,33)/b21-15+. The summed E-state index contributed by atoms with van der Waals surface area (Å²) in [5, 5.41) is 6.27. The second-order valence-corrected chi connectivity index (χ2v) is 8.84. The molecule has 0 aliphatic heterocycles. The molecule has 0 saturated heterocycles. The Labute approximate surface area is 204 Å². The van der Waals surface area contributed by atoms with Gasteiger partial charge in [0.25, 0.3) is 0 Å². The predicted octanol–water partition coefficient (Wildman–Crippen LogP) is 7.92. The molecule has 1 amide bonds. The summed E-state index contributed by atoms with van der Waals surface area (Å²) in [5.41, 5.74) is 7.60. The molecule has 1 heterocycles. The van der Waals surface area contributed by atoms with Crippen molar-refractivity contribution in [3.8, 4) is 16.9 Å². The number of methoxy groups -OCH3 is 1. The van der Waals surface area contributed by atoms with Gasteiger partial charge in [0.2, 0.25) is 5.91 Å². The van der Waals surface area contributed by atoms with Crippen LogP contribution in [0.25, 0.3) is 38.4 Å². The molecule has 0 unspecified atom stereocenters. The molecule has 35 heavy (non-hydrogen) atoms. The number of anilines is 1. The van der Waals surface area contributed by atoms with Gasteiger partial charge in [-0.05, 0) is 72.0 Å². The van der Waals surface area contributed by atoms with E-state index in [1.807, 2.05) is 56.3 Å². The van der Waals surface area contributed by atoms with Gasteiger partial charge in [0.05, 0.1) is 13.4 Å². The van der Waals surface area contributed by atoms with E-state index in [1.165, 1.54) is 10.9 Å². The van der Waals surface area contributed by atoms with Gasteiger partial charge in [0.15, 0.2) is 0 Å². The van der Waals surface area contributed by atoms with Gasteiger partial charge in [0.1, 0.15) is 11.3 Å². The van der Waals surface area contributed by atoms with Crippen molar-refractivity contribution in [3.05, 3.63) is 102 Å². The summed E-state index contributed by atoms with van der Waals surface area (Å²) in [7, 11) is 1.63. The van der Waals surface area contributed by atoms with Gasteiger partial charge in [0, 0.05) is 34.3 Å². The molecule has 0 aliphatic carbocycles. The van der Waals surface area contributed by atoms with Gasteiger partial charge in [-0.2, -0.15) is 0 Å². The Kier molecular flexibility index (Phi) is 5.87. The molecule has 4 nitrogen and oxygen atoms in total. The van der Waals surface area contributed by atoms with Gasteiger partial charge in [-0.25, -0.2) is 0 Å². The van der Waals surface area contributed by atoms with Crippen molar-refractivity contribution in [2.45, 2.75) is 20.8 Å². The lowest BCUT2D eigenvalue weighted by Gasteiger charge is -2.11. The molecule has 0 atom stereocenters. The van der Waals surface area contributed by atoms with Crippen molar-refractivity contribution in [2.24, 2.45) is 0 Å². The van der Waals surface area contributed by atoms with Crippen molar-refractivity contribution in [1.29, 1.82) is 0 Å². The first-order valence-electron chi connectivity index (χ1n) is 11.6. The maximum atomic E-state index is 12.8. The highest BCUT2D eigenvalue weighted by Crippen LogP contribution is 2.39. The van der Waals surface area contributed by atoms with E-state index in [-0.39, 0.29) is 5.91 Å². The fourth-order valence-electron chi connectivity index (χ4n) is 4.47. The molecule has 0 fully saturated rings. The van der Waals surface area contributed by atoms with Crippen molar-refractivity contribution in [3.63, 3.8) is 0 Å². The maximum absolute atomic E-state index is 12.8. The van der Waals surface area contributed by atoms with E-state index in [9.17, 15) is 4.79 Å². The number of hydrogen-bond acceptors (Lipinski definition) is 3. The van der Waals surface area contributed by atoms with E-state index >= 15 is 0 Å². The topological polar surface area (TPSA) is 51.5 Å². The van der Waals surface area contributed by atoms with Crippen LogP contribution >= 0.6 is 0 Å². The lowest BCUT2D eigenvalue weighted by molar-refractivity contribution is -0.111. The number of ether oxygens (including phenoxy) is 1. The first-order chi connectivity index (χ1) is 16.9. The third kappa shape index (κ3) is 4.31. The summed E-state index contributed by atoms with van der Waals surface area (Å²) in [5.74, 6) is 0.471. The number of nitrogens with one attached hydrogen (secondary N) is 1. The Hall–Kier alpha value is -4.31. The number of aryl methyl sites for hydroxylation is 2. The number of benzene rings is 4. The van der Waals surface area contributed by atoms with Crippen LogP contribution in [0.5, 0.6) is 5.75 Å². The lowest BCUT2D eigenvalue weighted by Crippen LogP contribution is -2.09. The molecule has 5 rings (SSSR count). The molecule has 174 valence electrons. The van der Waals surface area contributed by atoms with Crippen LogP contribution in [0.4, 0.5) is 5.69 Å². The number of fused-ring (bicyclic) bond motifs is 2. The summed E-state index contributed by atoms with van der Waals surface area (Å²) >= 11 is 0. The van der Waals surface area contributed by atoms with Crippen LogP contribution in [0.15, 0.2) is 89.6 Å². The summed E-state index contributed by atoms with van der Waals surface area (Å²) in [6, 6.07) is 24.4. The summed E-state index contributed by atoms with van der Waals surface area (Å²) in [6.45, 7) is 6.00. The Morgan fingerprint density at radius 1 is 0.886 bits per heavy atom. The van der Waals surface area contributed by atoms with Crippen LogP contribution in [0.1, 0.15) is 23.6 Å². The van der Waals surface area contributed by atoms with Crippen molar-refractivity contribution in [2.75, 3.05) is 12.4 Å². The third-order valence-electron chi connectivity index (χ3n) is 6.52. The van der Waals surface area contributed by atoms with Crippen molar-refractivity contribution < 1.29 is 13.9 Å². The van der Waals surface area contributed by atoms with Crippen LogP contribution in [0.2, 0.25) is 0 Å². The highest BCUT2D eigenvalue weighted by atomic mass is 16.5. The summed E-state index contributed by atoms with van der Waals surface area (Å²) < 4.78 is 11.6. The van der Waals surface area contributed by atoms with Crippen molar-refractivity contribution in [1.82, 2.24) is 0 Å². The number of hydrogen-bond donors (Lipinski definition) is 1. The molecule has 4 aromatic carbocycles. The van der Waals surface area contributed by atoms with E-state index in [2.05, 4.69) is 42.6 Å². The quantitative estimate of drug-likeness (QED) is 0.270. The van der Waals surface area contributed by atoms with Gasteiger partial charge in [-0.3, -0.25) is 4.79 Å². The number of carbonyl (C=O) groups is 1. The molecule has 0 saturated carbocycles. The van der Waals surface area contributed by atoms with Crippen LogP contribution < -0.4 is 10.1 Å². The number of amides is 1. The smallest absolute Gasteiger partial charge is 0.248 e. The minimum atomic E-state index is -0.186. The molecule has 0 aliphatic rings. The average molecular weight is 462 g/mol. The fourth-order valence-corrected chi connectivity index (χ4v) is 4.47. The van der Waals surface area contributed by atoms with Crippen LogP contribution in [-0.2, 0) is 4.79 Å². The van der Waals surface area contributed by atoms with E-state index in [1.54, 1.807) is 19.4 Å². The Balaban J connectivity index is 1.55. The highest BCUT2D eigenvalue weighted by Gasteiger charge is 2.16. The van der Waals surface area contributed by atoms with Crippen LogP contribution in [-0.4, -0.2) is 13.0 Å². The zero-order chi connectivity index (χ0) is 24.5. The monoisotopic (exact) mass is 461 g/mol.